The number of hydrogen-bond acceptors (Lipinski definition) is 8. The average molecular weight is 618 g/mol. The molecule has 3 N–H and O–H groups in total. The number of allylic oxidation sites excluding steroid dienone is 2. The molecule has 0 aliphatic carbocycles. The Morgan fingerprint density at radius 2 is 1.51 bits per heavy atom. The lowest BCUT2D eigenvalue weighted by Crippen LogP contribution is -2.38. The van der Waals surface area contributed by atoms with Gasteiger partial charge in [0.05, 0.1) is 24.5 Å². The molecule has 0 radical (unpaired) electrons. The number of benzene rings is 3. The van der Waals surface area contributed by atoms with Crippen LogP contribution in [-0.2, 0) is 16.6 Å². The molecular weight excluding hydrogens is 581 g/mol. The summed E-state index contributed by atoms with van der Waals surface area (Å²) in [5.74, 6) is 0.771. The van der Waals surface area contributed by atoms with Gasteiger partial charge in [-0.25, -0.2) is 4.39 Å². The highest BCUT2D eigenvalue weighted by Gasteiger charge is 2.54. The van der Waals surface area contributed by atoms with Crippen LogP contribution >= 0.6 is 0 Å². The van der Waals surface area contributed by atoms with Crippen LogP contribution < -0.4 is 29.0 Å². The zero-order valence-corrected chi connectivity index (χ0v) is 24.9. The second-order valence-electron chi connectivity index (χ2n) is 11.3. The fourth-order valence-electron chi connectivity index (χ4n) is 6.08. The number of amides is 1. The van der Waals surface area contributed by atoms with Gasteiger partial charge in [0.1, 0.15) is 41.7 Å². The van der Waals surface area contributed by atoms with Crippen molar-refractivity contribution >= 4 is 11.6 Å². The standard InChI is InChI=1S/C35H36FNO8/c1-3-5-8-22(38)18-42-29-14-21-12-13-41-28(21)15-25(29)35(24-10-7-11-27(36)33(24)37-34(35)40)26-16-31-32(45-20-44-31)17-30(26)43-19-23(39)9-6-4-2/h3-4,7,10-11,14-17,22-23,38-39H,1-2,5-6,8-9,12-13,18-20H2,(H,37,40)/t22-,23-,35?/m1/s1. The molecule has 0 aromatic heterocycles. The first-order valence-electron chi connectivity index (χ1n) is 15.0. The maximum Gasteiger partial charge on any atom is 0.244 e. The van der Waals surface area contributed by atoms with Gasteiger partial charge in [0, 0.05) is 34.7 Å². The fraction of sp³-hybridized carbons (Fsp3) is 0.343. The summed E-state index contributed by atoms with van der Waals surface area (Å²) in [6.45, 7) is 7.71. The van der Waals surface area contributed by atoms with E-state index >= 15 is 4.39 Å². The van der Waals surface area contributed by atoms with E-state index in [1.54, 1.807) is 42.5 Å². The Kier molecular flexibility index (Phi) is 8.69. The third-order valence-corrected chi connectivity index (χ3v) is 8.34. The number of nitrogens with one attached hydrogen (secondary N) is 1. The number of hydrogen-bond donors (Lipinski definition) is 3. The molecule has 0 spiro atoms. The molecular formula is C35H36FNO8. The van der Waals surface area contributed by atoms with Gasteiger partial charge >= 0.3 is 0 Å². The van der Waals surface area contributed by atoms with Crippen molar-refractivity contribution in [2.24, 2.45) is 0 Å². The Balaban J connectivity index is 1.57. The van der Waals surface area contributed by atoms with Gasteiger partial charge in [0.25, 0.3) is 0 Å². The highest BCUT2D eigenvalue weighted by Crippen LogP contribution is 2.56. The topological polar surface area (TPSA) is 116 Å². The van der Waals surface area contributed by atoms with Crippen molar-refractivity contribution in [3.05, 3.63) is 95.8 Å². The molecule has 45 heavy (non-hydrogen) atoms. The normalized spacial score (nSPS) is 18.8. The van der Waals surface area contributed by atoms with E-state index in [1.165, 1.54) is 6.07 Å². The van der Waals surface area contributed by atoms with E-state index in [4.69, 9.17) is 23.7 Å². The summed E-state index contributed by atoms with van der Waals surface area (Å²) in [5.41, 5.74) is 0.225. The smallest absolute Gasteiger partial charge is 0.244 e. The molecule has 1 unspecified atom stereocenters. The Labute approximate surface area is 260 Å². The maximum absolute atomic E-state index is 15.4. The molecule has 3 heterocycles. The molecule has 0 saturated carbocycles. The molecule has 3 aromatic rings. The Morgan fingerprint density at radius 3 is 2.18 bits per heavy atom. The molecule has 0 fully saturated rings. The highest BCUT2D eigenvalue weighted by atomic mass is 19.1. The van der Waals surface area contributed by atoms with E-state index in [1.807, 2.05) is 6.07 Å². The summed E-state index contributed by atoms with van der Waals surface area (Å²) in [6.07, 6.45) is 4.53. The van der Waals surface area contributed by atoms with Crippen LogP contribution in [0, 0.1) is 5.82 Å². The molecule has 9 nitrogen and oxygen atoms in total. The van der Waals surface area contributed by atoms with Gasteiger partial charge in [-0.3, -0.25) is 4.79 Å². The van der Waals surface area contributed by atoms with E-state index in [-0.39, 0.29) is 31.4 Å². The van der Waals surface area contributed by atoms with Crippen molar-refractivity contribution in [2.45, 2.75) is 49.7 Å². The van der Waals surface area contributed by atoms with Crippen molar-refractivity contribution in [1.82, 2.24) is 0 Å². The van der Waals surface area contributed by atoms with Gasteiger partial charge < -0.3 is 39.2 Å². The Bertz CT molecular complexity index is 1540. The number of carbonyl (C=O) groups is 1. The van der Waals surface area contributed by atoms with Crippen molar-refractivity contribution in [3.63, 3.8) is 0 Å². The lowest BCUT2D eigenvalue weighted by molar-refractivity contribution is -0.118. The zero-order valence-electron chi connectivity index (χ0n) is 24.9. The molecule has 1 amide bonds. The summed E-state index contributed by atoms with van der Waals surface area (Å²) in [5, 5.41) is 24.0. The van der Waals surface area contributed by atoms with Gasteiger partial charge in [-0.15, -0.1) is 13.2 Å². The van der Waals surface area contributed by atoms with Crippen LogP contribution in [0.5, 0.6) is 28.7 Å². The van der Waals surface area contributed by atoms with Crippen molar-refractivity contribution < 1.29 is 43.1 Å². The number of aliphatic hydroxyl groups is 2. The van der Waals surface area contributed by atoms with Gasteiger partial charge in [0.2, 0.25) is 12.7 Å². The Hall–Kier alpha value is -4.54. The summed E-state index contributed by atoms with van der Waals surface area (Å²) < 4.78 is 45.2. The van der Waals surface area contributed by atoms with Crippen LogP contribution in [0.1, 0.15) is 47.9 Å². The molecule has 3 atom stereocenters. The van der Waals surface area contributed by atoms with Crippen LogP contribution in [0.4, 0.5) is 10.1 Å². The lowest BCUT2D eigenvalue weighted by atomic mass is 9.69. The molecule has 3 aromatic carbocycles. The number of carbonyl (C=O) groups excluding carboxylic acids is 1. The molecule has 10 heteroatoms. The van der Waals surface area contributed by atoms with Crippen LogP contribution in [0.15, 0.2) is 67.8 Å². The van der Waals surface area contributed by atoms with Crippen molar-refractivity contribution in [2.75, 3.05) is 31.9 Å². The van der Waals surface area contributed by atoms with E-state index in [9.17, 15) is 15.0 Å². The van der Waals surface area contributed by atoms with Crippen LogP contribution in [0.3, 0.4) is 0 Å². The summed E-state index contributed by atoms with van der Waals surface area (Å²) in [7, 11) is 0. The quantitative estimate of drug-likeness (QED) is 0.212. The van der Waals surface area contributed by atoms with Gasteiger partial charge in [-0.1, -0.05) is 24.3 Å². The number of aliphatic hydroxyl groups excluding tert-OH is 2. The van der Waals surface area contributed by atoms with Crippen LogP contribution in [0.2, 0.25) is 0 Å². The monoisotopic (exact) mass is 617 g/mol. The minimum absolute atomic E-state index is 0.0236. The predicted molar refractivity (Wildman–Crippen MR) is 165 cm³/mol. The number of ether oxygens (including phenoxy) is 5. The Morgan fingerprint density at radius 1 is 0.889 bits per heavy atom. The number of para-hydroxylation sites is 1. The maximum atomic E-state index is 15.4. The predicted octanol–water partition coefficient (Wildman–Crippen LogP) is 5.19. The fourth-order valence-corrected chi connectivity index (χ4v) is 6.08. The minimum atomic E-state index is -1.72. The zero-order chi connectivity index (χ0) is 31.6. The first-order valence-corrected chi connectivity index (χ1v) is 15.0. The third kappa shape index (κ3) is 5.60. The van der Waals surface area contributed by atoms with Crippen LogP contribution in [0.25, 0.3) is 0 Å². The number of halogens is 1. The summed E-state index contributed by atoms with van der Waals surface area (Å²) in [4.78, 5) is 14.5. The highest BCUT2D eigenvalue weighted by molar-refractivity contribution is 6.12. The molecule has 0 bridgehead atoms. The van der Waals surface area contributed by atoms with E-state index in [0.717, 1.165) is 5.56 Å². The van der Waals surface area contributed by atoms with E-state index in [0.29, 0.717) is 78.4 Å². The number of anilines is 1. The molecule has 3 aliphatic heterocycles. The first kappa shape index (κ1) is 30.5. The minimum Gasteiger partial charge on any atom is -0.493 e. The first-order chi connectivity index (χ1) is 21.9. The molecule has 3 aliphatic rings. The van der Waals surface area contributed by atoms with Gasteiger partial charge in [-0.05, 0) is 49.9 Å². The second-order valence-corrected chi connectivity index (χ2v) is 11.3. The number of rotatable bonds is 14. The van der Waals surface area contributed by atoms with E-state index in [2.05, 4.69) is 18.5 Å². The summed E-state index contributed by atoms with van der Waals surface area (Å²) in [6, 6.07) is 11.3. The van der Waals surface area contributed by atoms with Gasteiger partial charge in [0.15, 0.2) is 11.5 Å². The van der Waals surface area contributed by atoms with Crippen molar-refractivity contribution in [1.29, 1.82) is 0 Å². The SMILES string of the molecule is C=CCC[C@@H](O)COc1cc2c(cc1C1(c3cc4c(cc3OC[C@H](O)CCC=C)OCO4)C(=O)Nc3c(F)cccc31)OCC2. The summed E-state index contributed by atoms with van der Waals surface area (Å²) >= 11 is 0. The van der Waals surface area contributed by atoms with Gasteiger partial charge in [-0.2, -0.15) is 0 Å². The second kappa shape index (κ2) is 12.8. The molecule has 236 valence electrons. The van der Waals surface area contributed by atoms with Crippen molar-refractivity contribution in [3.8, 4) is 28.7 Å². The molecule has 6 rings (SSSR count). The average Bonchev–Trinajstić information content (AvgIpc) is 3.77. The number of fused-ring (bicyclic) bond motifs is 3. The largest absolute Gasteiger partial charge is 0.493 e. The van der Waals surface area contributed by atoms with E-state index < -0.39 is 29.3 Å². The third-order valence-electron chi connectivity index (χ3n) is 8.34. The lowest BCUT2D eigenvalue weighted by Gasteiger charge is -2.33. The van der Waals surface area contributed by atoms with Crippen LogP contribution in [-0.4, -0.2) is 54.9 Å². The molecule has 0 saturated heterocycles.